The summed E-state index contributed by atoms with van der Waals surface area (Å²) in [5, 5.41) is 13.2. The molecule has 0 bridgehead atoms. The van der Waals surface area contributed by atoms with Crippen LogP contribution in [0.1, 0.15) is 24.0 Å². The number of carboxylic acids is 1. The fraction of sp³-hybridized carbons (Fsp3) is 0.190. The lowest BCUT2D eigenvalue weighted by molar-refractivity contribution is -0.130. The Bertz CT molecular complexity index is 1050. The van der Waals surface area contributed by atoms with Crippen LogP contribution in [0.15, 0.2) is 48.7 Å². The Kier molecular flexibility index (Phi) is 4.80. The number of hydrogen-bond acceptors (Lipinski definition) is 3. The molecule has 1 aliphatic heterocycles. The summed E-state index contributed by atoms with van der Waals surface area (Å²) in [5.41, 5.74) is 2.14. The second-order valence-corrected chi connectivity index (χ2v) is 6.69. The molecule has 3 heterocycles. The zero-order valence-electron chi connectivity index (χ0n) is 15.2. The van der Waals surface area contributed by atoms with Crippen molar-refractivity contribution in [2.75, 3.05) is 18.4 Å². The minimum absolute atomic E-state index is 0.145. The zero-order chi connectivity index (χ0) is 19.5. The number of carbonyl (C=O) groups excluding carboxylic acids is 1. The zero-order valence-corrected chi connectivity index (χ0v) is 15.2. The van der Waals surface area contributed by atoms with Crippen LogP contribution in [0.25, 0.3) is 22.7 Å². The number of urea groups is 1. The minimum atomic E-state index is -0.997. The van der Waals surface area contributed by atoms with E-state index in [-0.39, 0.29) is 11.6 Å². The van der Waals surface area contributed by atoms with Crippen molar-refractivity contribution >= 4 is 40.5 Å². The molecular formula is C21H20N4O3. The van der Waals surface area contributed by atoms with E-state index in [0.29, 0.717) is 17.0 Å². The molecule has 1 saturated heterocycles. The van der Waals surface area contributed by atoms with Crippen molar-refractivity contribution < 1.29 is 14.7 Å². The SMILES string of the molecule is O=C(O)/C(=C\c1c[nH]c2nc(NC(=O)N3CCCC3)ccc12)c1ccccc1. The number of amides is 2. The minimum Gasteiger partial charge on any atom is -0.478 e. The molecule has 0 atom stereocenters. The van der Waals surface area contributed by atoms with Crippen molar-refractivity contribution in [3.8, 4) is 0 Å². The number of likely N-dealkylation sites (tertiary alicyclic amines) is 1. The van der Waals surface area contributed by atoms with Crippen LogP contribution in [-0.4, -0.2) is 45.1 Å². The molecule has 7 heteroatoms. The van der Waals surface area contributed by atoms with Crippen LogP contribution in [0.4, 0.5) is 10.6 Å². The third-order valence-corrected chi connectivity index (χ3v) is 4.81. The molecular weight excluding hydrogens is 356 g/mol. The summed E-state index contributed by atoms with van der Waals surface area (Å²) in [7, 11) is 0. The normalized spacial score (nSPS) is 14.4. The number of rotatable bonds is 4. The van der Waals surface area contributed by atoms with Gasteiger partial charge >= 0.3 is 12.0 Å². The maximum absolute atomic E-state index is 12.2. The Hall–Kier alpha value is -3.61. The van der Waals surface area contributed by atoms with Crippen molar-refractivity contribution in [2.45, 2.75) is 12.8 Å². The fourth-order valence-corrected chi connectivity index (χ4v) is 3.37. The molecule has 3 N–H and O–H groups in total. The van der Waals surface area contributed by atoms with Crippen molar-refractivity contribution in [3.05, 3.63) is 59.8 Å². The van der Waals surface area contributed by atoms with Gasteiger partial charge in [-0.1, -0.05) is 30.3 Å². The first kappa shape index (κ1) is 17.8. The Morgan fingerprint density at radius 3 is 2.57 bits per heavy atom. The third kappa shape index (κ3) is 3.59. The topological polar surface area (TPSA) is 98.3 Å². The molecule has 1 aliphatic rings. The van der Waals surface area contributed by atoms with E-state index in [2.05, 4.69) is 15.3 Å². The lowest BCUT2D eigenvalue weighted by atomic mass is 10.0. The number of nitrogens with zero attached hydrogens (tertiary/aromatic N) is 2. The van der Waals surface area contributed by atoms with Crippen LogP contribution in [0, 0.1) is 0 Å². The van der Waals surface area contributed by atoms with Crippen LogP contribution in [0.2, 0.25) is 0 Å². The van der Waals surface area contributed by atoms with Crippen molar-refractivity contribution in [2.24, 2.45) is 0 Å². The van der Waals surface area contributed by atoms with Gasteiger partial charge in [0.1, 0.15) is 11.5 Å². The molecule has 4 rings (SSSR count). The van der Waals surface area contributed by atoms with Crippen molar-refractivity contribution in [1.29, 1.82) is 0 Å². The van der Waals surface area contributed by atoms with Gasteiger partial charge in [0, 0.05) is 30.2 Å². The van der Waals surface area contributed by atoms with Gasteiger partial charge in [0.05, 0.1) is 5.57 Å². The van der Waals surface area contributed by atoms with Gasteiger partial charge in [-0.3, -0.25) is 5.32 Å². The number of benzene rings is 1. The Morgan fingerprint density at radius 2 is 1.86 bits per heavy atom. The highest BCUT2D eigenvalue weighted by Crippen LogP contribution is 2.25. The van der Waals surface area contributed by atoms with Crippen LogP contribution < -0.4 is 5.32 Å². The molecule has 1 fully saturated rings. The Labute approximate surface area is 161 Å². The summed E-state index contributed by atoms with van der Waals surface area (Å²) in [5.74, 6) is -0.536. The molecule has 0 unspecified atom stereocenters. The number of aliphatic carboxylic acids is 1. The summed E-state index contributed by atoms with van der Waals surface area (Å²) in [6, 6.07) is 12.4. The van der Waals surface area contributed by atoms with E-state index < -0.39 is 5.97 Å². The molecule has 142 valence electrons. The predicted molar refractivity (Wildman–Crippen MR) is 108 cm³/mol. The van der Waals surface area contributed by atoms with Crippen molar-refractivity contribution in [1.82, 2.24) is 14.9 Å². The number of carbonyl (C=O) groups is 2. The van der Waals surface area contributed by atoms with Crippen molar-refractivity contribution in [3.63, 3.8) is 0 Å². The summed E-state index contributed by atoms with van der Waals surface area (Å²) in [6.07, 6.45) is 5.40. The molecule has 7 nitrogen and oxygen atoms in total. The quantitative estimate of drug-likeness (QED) is 0.603. The smallest absolute Gasteiger partial charge is 0.336 e. The molecule has 0 spiro atoms. The van der Waals surface area contributed by atoms with Gasteiger partial charge in [-0.25, -0.2) is 14.6 Å². The monoisotopic (exact) mass is 376 g/mol. The Morgan fingerprint density at radius 1 is 1.11 bits per heavy atom. The van der Waals surface area contributed by atoms with Gasteiger partial charge in [0.2, 0.25) is 0 Å². The summed E-state index contributed by atoms with van der Waals surface area (Å²) in [6.45, 7) is 1.53. The predicted octanol–water partition coefficient (Wildman–Crippen LogP) is 3.82. The largest absolute Gasteiger partial charge is 0.478 e. The number of hydrogen-bond donors (Lipinski definition) is 3. The molecule has 0 aliphatic carbocycles. The fourth-order valence-electron chi connectivity index (χ4n) is 3.37. The number of aromatic nitrogens is 2. The molecule has 28 heavy (non-hydrogen) atoms. The van der Waals surface area contributed by atoms with E-state index in [1.807, 2.05) is 12.1 Å². The number of fused-ring (bicyclic) bond motifs is 1. The highest BCUT2D eigenvalue weighted by atomic mass is 16.4. The van der Waals surface area contributed by atoms with Gasteiger partial charge in [-0.15, -0.1) is 0 Å². The molecule has 2 aromatic heterocycles. The van der Waals surface area contributed by atoms with Crippen LogP contribution >= 0.6 is 0 Å². The number of carboxylic acid groups (broad SMARTS) is 1. The number of aromatic amines is 1. The van der Waals surface area contributed by atoms with E-state index in [0.717, 1.165) is 36.9 Å². The van der Waals surface area contributed by atoms with Gasteiger partial charge in [0.15, 0.2) is 0 Å². The number of anilines is 1. The first-order valence-corrected chi connectivity index (χ1v) is 9.16. The molecule has 2 amide bonds. The van der Waals surface area contributed by atoms with Crippen LogP contribution in [0.3, 0.4) is 0 Å². The first-order chi connectivity index (χ1) is 13.6. The second kappa shape index (κ2) is 7.56. The van der Waals surface area contributed by atoms with E-state index >= 15 is 0 Å². The number of nitrogens with one attached hydrogen (secondary N) is 2. The Balaban J connectivity index is 1.62. The highest BCUT2D eigenvalue weighted by Gasteiger charge is 2.18. The average Bonchev–Trinajstić information content (AvgIpc) is 3.36. The number of pyridine rings is 1. The van der Waals surface area contributed by atoms with Crippen LogP contribution in [0.5, 0.6) is 0 Å². The number of H-pyrrole nitrogens is 1. The summed E-state index contributed by atoms with van der Waals surface area (Å²) >= 11 is 0. The van der Waals surface area contributed by atoms with Gasteiger partial charge in [-0.05, 0) is 36.6 Å². The summed E-state index contributed by atoms with van der Waals surface area (Å²) in [4.78, 5) is 33.2. The lowest BCUT2D eigenvalue weighted by Crippen LogP contribution is -2.32. The first-order valence-electron chi connectivity index (χ1n) is 9.16. The molecule has 0 radical (unpaired) electrons. The van der Waals surface area contributed by atoms with E-state index in [1.54, 1.807) is 47.5 Å². The lowest BCUT2D eigenvalue weighted by Gasteiger charge is -2.15. The van der Waals surface area contributed by atoms with E-state index in [9.17, 15) is 14.7 Å². The maximum Gasteiger partial charge on any atom is 0.336 e. The van der Waals surface area contributed by atoms with Gasteiger partial charge in [0.25, 0.3) is 0 Å². The second-order valence-electron chi connectivity index (χ2n) is 6.69. The standard InChI is InChI=1S/C21H20N4O3/c26-20(27)17(14-6-2-1-3-7-14)12-15-13-22-19-16(15)8-9-18(23-19)24-21(28)25-10-4-5-11-25/h1-3,6-9,12-13H,4-5,10-11H2,(H,26,27)(H2,22,23,24,28)/b17-12-. The third-order valence-electron chi connectivity index (χ3n) is 4.81. The molecule has 1 aromatic carbocycles. The van der Waals surface area contributed by atoms with Gasteiger partial charge < -0.3 is 15.0 Å². The average molecular weight is 376 g/mol. The van der Waals surface area contributed by atoms with E-state index in [4.69, 9.17) is 0 Å². The van der Waals surface area contributed by atoms with Crippen LogP contribution in [-0.2, 0) is 4.79 Å². The highest BCUT2D eigenvalue weighted by molar-refractivity contribution is 6.21. The summed E-state index contributed by atoms with van der Waals surface area (Å²) < 4.78 is 0. The maximum atomic E-state index is 12.2. The van der Waals surface area contributed by atoms with Gasteiger partial charge in [-0.2, -0.15) is 0 Å². The molecule has 0 saturated carbocycles. The van der Waals surface area contributed by atoms with E-state index in [1.165, 1.54) is 0 Å². The molecule has 3 aromatic rings.